The minimum atomic E-state index is 0.264. The van der Waals surface area contributed by atoms with Gasteiger partial charge in [-0.05, 0) is 168 Å². The standard InChI is InChI=1S/C56H51N3.C2H6/c1-3-16-45(4-2)58(46-20-7-5-8-21-46)49-34-29-41(30-35-49)54-39-55-43-18-12-11-17-42(37-43)53(38-56(55)52-26-14-13-25-51(52)54)40-27-32-50(33-28-40)59(47-22-9-6-10-23-47)48-24-15-19-44(57)31-36-48;1-2/h3-14,16-18,20-22,25-36,38-39,47H,15,19,23-24,37,57H2,1-2H3;1-2H3/b16-3-,45-4+;. The SMILES string of the molecule is C/C=C\C(=C/C)N(c1ccccc1)c1ccc(-c2cc3c(c4ccccc24)C=C(c2ccc(N(C4=CC=C(N)CCC4)C4C=CC=CC4)cc2)C2=CC=CC=C3C2)cc1.CC. The number of nitrogens with two attached hydrogens (primary N) is 1. The summed E-state index contributed by atoms with van der Waals surface area (Å²) in [6.07, 6.45) is 36.0. The van der Waals surface area contributed by atoms with Gasteiger partial charge in [-0.2, -0.15) is 0 Å². The zero-order valence-corrected chi connectivity index (χ0v) is 36.1. The predicted octanol–water partition coefficient (Wildman–Crippen LogP) is 15.6. The van der Waals surface area contributed by atoms with Crippen LogP contribution in [0.25, 0.3) is 39.1 Å². The molecule has 3 nitrogen and oxygen atoms in total. The summed E-state index contributed by atoms with van der Waals surface area (Å²) in [6.45, 7) is 8.17. The average molecular weight is 796 g/mol. The highest BCUT2D eigenvalue weighted by Crippen LogP contribution is 2.46. The van der Waals surface area contributed by atoms with E-state index in [9.17, 15) is 0 Å². The van der Waals surface area contributed by atoms with Gasteiger partial charge < -0.3 is 15.5 Å². The lowest BCUT2D eigenvalue weighted by molar-refractivity contribution is 0.702. The molecule has 0 radical (unpaired) electrons. The van der Waals surface area contributed by atoms with E-state index >= 15 is 0 Å². The topological polar surface area (TPSA) is 32.5 Å². The molecule has 0 aliphatic heterocycles. The molecule has 0 heterocycles. The number of nitrogens with zero attached hydrogens (tertiary/aromatic N) is 2. The highest BCUT2D eigenvalue weighted by molar-refractivity contribution is 6.10. The molecule has 304 valence electrons. The van der Waals surface area contributed by atoms with Crippen LogP contribution in [0.15, 0.2) is 211 Å². The van der Waals surface area contributed by atoms with E-state index in [0.717, 1.165) is 54.9 Å². The number of benzene rings is 5. The first-order valence-corrected chi connectivity index (χ1v) is 22.1. The number of rotatable bonds is 9. The quantitative estimate of drug-likeness (QED) is 0.151. The summed E-state index contributed by atoms with van der Waals surface area (Å²) in [5.41, 5.74) is 23.3. The number of para-hydroxylation sites is 1. The molecule has 9 rings (SSSR count). The maximum Gasteiger partial charge on any atom is 0.0556 e. The van der Waals surface area contributed by atoms with Crippen LogP contribution in [0.1, 0.15) is 76.5 Å². The van der Waals surface area contributed by atoms with Crippen LogP contribution in [0.5, 0.6) is 0 Å². The molecule has 0 saturated carbocycles. The number of fused-ring (bicyclic) bond motifs is 6. The van der Waals surface area contributed by atoms with Crippen molar-refractivity contribution in [3.63, 3.8) is 0 Å². The highest BCUT2D eigenvalue weighted by Gasteiger charge is 2.25. The van der Waals surface area contributed by atoms with Gasteiger partial charge in [0.25, 0.3) is 0 Å². The number of anilines is 3. The van der Waals surface area contributed by atoms with Crippen LogP contribution in [0.4, 0.5) is 17.1 Å². The van der Waals surface area contributed by atoms with Crippen LogP contribution in [-0.2, 0) is 0 Å². The summed E-state index contributed by atoms with van der Waals surface area (Å²) >= 11 is 0. The Morgan fingerprint density at radius 3 is 2.07 bits per heavy atom. The van der Waals surface area contributed by atoms with E-state index in [1.54, 1.807) is 0 Å². The van der Waals surface area contributed by atoms with Crippen LogP contribution in [0.3, 0.4) is 0 Å². The fourth-order valence-corrected chi connectivity index (χ4v) is 9.06. The summed E-state index contributed by atoms with van der Waals surface area (Å²) in [7, 11) is 0. The van der Waals surface area contributed by atoms with Gasteiger partial charge in [-0.25, -0.2) is 0 Å². The third kappa shape index (κ3) is 8.60. The van der Waals surface area contributed by atoms with Gasteiger partial charge in [-0.1, -0.05) is 141 Å². The minimum Gasteiger partial charge on any atom is -0.402 e. The van der Waals surface area contributed by atoms with E-state index < -0.39 is 0 Å². The van der Waals surface area contributed by atoms with Gasteiger partial charge in [0.15, 0.2) is 0 Å². The Bertz CT molecular complexity index is 2690. The molecule has 0 aromatic heterocycles. The van der Waals surface area contributed by atoms with E-state index in [1.807, 2.05) is 13.8 Å². The van der Waals surface area contributed by atoms with Crippen molar-refractivity contribution in [1.29, 1.82) is 0 Å². The van der Waals surface area contributed by atoms with Crippen molar-refractivity contribution >= 4 is 45.1 Å². The normalized spacial score (nSPS) is 17.1. The second-order valence-electron chi connectivity index (χ2n) is 15.7. The molecule has 5 aromatic rings. The smallest absolute Gasteiger partial charge is 0.0556 e. The summed E-state index contributed by atoms with van der Waals surface area (Å²) in [4.78, 5) is 4.84. The summed E-state index contributed by atoms with van der Waals surface area (Å²) in [6, 6.07) is 40.6. The van der Waals surface area contributed by atoms with Gasteiger partial charge in [0.1, 0.15) is 0 Å². The molecule has 2 N–H and O–H groups in total. The zero-order chi connectivity index (χ0) is 42.1. The van der Waals surface area contributed by atoms with Gasteiger partial charge in [-0.3, -0.25) is 0 Å². The van der Waals surface area contributed by atoms with Gasteiger partial charge in [0.2, 0.25) is 0 Å². The zero-order valence-electron chi connectivity index (χ0n) is 36.1. The van der Waals surface area contributed by atoms with Crippen LogP contribution in [-0.4, -0.2) is 6.04 Å². The van der Waals surface area contributed by atoms with Crippen LogP contribution in [0.2, 0.25) is 0 Å². The summed E-state index contributed by atoms with van der Waals surface area (Å²) in [5, 5.41) is 2.52. The molecule has 4 aliphatic carbocycles. The monoisotopic (exact) mass is 795 g/mol. The molecule has 4 aliphatic rings. The van der Waals surface area contributed by atoms with Crippen molar-refractivity contribution < 1.29 is 0 Å². The Kier molecular flexibility index (Phi) is 12.8. The van der Waals surface area contributed by atoms with Crippen molar-refractivity contribution in [3.05, 3.63) is 228 Å². The Balaban J connectivity index is 0.00000253. The van der Waals surface area contributed by atoms with Gasteiger partial charge in [0, 0.05) is 34.2 Å². The van der Waals surface area contributed by atoms with E-state index in [2.05, 4.69) is 218 Å². The number of hydrogen-bond donors (Lipinski definition) is 1. The second-order valence-corrected chi connectivity index (χ2v) is 15.7. The maximum absolute atomic E-state index is 6.29. The fraction of sp³-hybridized carbons (Fsp3) is 0.172. The highest BCUT2D eigenvalue weighted by atomic mass is 15.2. The minimum absolute atomic E-state index is 0.264. The molecule has 1 atom stereocenters. The lowest BCUT2D eigenvalue weighted by Gasteiger charge is -2.34. The Morgan fingerprint density at radius 1 is 0.656 bits per heavy atom. The molecule has 5 aromatic carbocycles. The average Bonchev–Trinajstić information content (AvgIpc) is 3.76. The van der Waals surface area contributed by atoms with E-state index in [-0.39, 0.29) is 6.04 Å². The molecule has 0 fully saturated rings. The largest absolute Gasteiger partial charge is 0.402 e. The van der Waals surface area contributed by atoms with Crippen molar-refractivity contribution in [3.8, 4) is 11.1 Å². The molecular weight excluding hydrogens is 739 g/mol. The molecule has 3 heteroatoms. The van der Waals surface area contributed by atoms with Crippen molar-refractivity contribution in [2.24, 2.45) is 5.73 Å². The molecule has 61 heavy (non-hydrogen) atoms. The van der Waals surface area contributed by atoms with Gasteiger partial charge >= 0.3 is 0 Å². The van der Waals surface area contributed by atoms with Crippen LogP contribution >= 0.6 is 0 Å². The molecule has 0 saturated heterocycles. The maximum atomic E-state index is 6.29. The lowest BCUT2D eigenvalue weighted by atomic mass is 9.88. The molecule has 2 bridgehead atoms. The first kappa shape index (κ1) is 40.9. The van der Waals surface area contributed by atoms with Crippen LogP contribution < -0.4 is 15.5 Å². The Labute approximate surface area is 363 Å². The summed E-state index contributed by atoms with van der Waals surface area (Å²) < 4.78 is 0. The number of allylic oxidation sites excluding steroid dienone is 16. The lowest BCUT2D eigenvalue weighted by Crippen LogP contribution is -2.33. The molecular formula is C58H57N3. The van der Waals surface area contributed by atoms with Crippen molar-refractivity contribution in [2.45, 2.75) is 65.8 Å². The predicted molar refractivity (Wildman–Crippen MR) is 265 cm³/mol. The van der Waals surface area contributed by atoms with E-state index in [1.165, 1.54) is 66.7 Å². The van der Waals surface area contributed by atoms with Crippen LogP contribution in [0, 0.1) is 0 Å². The molecule has 0 spiro atoms. The fourth-order valence-electron chi connectivity index (χ4n) is 9.06. The van der Waals surface area contributed by atoms with E-state index in [0.29, 0.717) is 0 Å². The Hall–Kier alpha value is -6.84. The van der Waals surface area contributed by atoms with E-state index in [4.69, 9.17) is 5.73 Å². The molecule has 0 amide bonds. The first-order chi connectivity index (χ1) is 30.1. The van der Waals surface area contributed by atoms with Crippen molar-refractivity contribution in [2.75, 3.05) is 9.80 Å². The second kappa shape index (κ2) is 19.0. The number of hydrogen-bond acceptors (Lipinski definition) is 3. The van der Waals surface area contributed by atoms with Gasteiger partial charge in [-0.15, -0.1) is 0 Å². The third-order valence-corrected chi connectivity index (χ3v) is 11.9. The molecule has 1 unspecified atom stereocenters. The Morgan fingerprint density at radius 2 is 1.34 bits per heavy atom. The van der Waals surface area contributed by atoms with Gasteiger partial charge in [0.05, 0.1) is 6.04 Å². The summed E-state index contributed by atoms with van der Waals surface area (Å²) in [5.74, 6) is 0. The first-order valence-electron chi connectivity index (χ1n) is 22.1. The van der Waals surface area contributed by atoms with Crippen molar-refractivity contribution in [1.82, 2.24) is 0 Å². The third-order valence-electron chi connectivity index (χ3n) is 11.9.